The molecule has 1 rings (SSSR count). The molecule has 0 unspecified atom stereocenters. The van der Waals surface area contributed by atoms with Crippen LogP contribution in [0.4, 0.5) is 5.69 Å². The van der Waals surface area contributed by atoms with E-state index in [4.69, 9.17) is 14.2 Å². The van der Waals surface area contributed by atoms with Crippen LogP contribution < -0.4 is 20.1 Å². The minimum Gasteiger partial charge on any atom is -0.493 e. The first-order chi connectivity index (χ1) is 12.0. The lowest BCUT2D eigenvalue weighted by Gasteiger charge is -2.15. The average Bonchev–Trinajstić information content (AvgIpc) is 2.60. The Morgan fingerprint density at radius 2 is 1.96 bits per heavy atom. The van der Waals surface area contributed by atoms with Crippen LogP contribution in [0.15, 0.2) is 23.2 Å². The Morgan fingerprint density at radius 3 is 2.54 bits per heavy atom. The number of methoxy groups -OCH3 is 2. The molecule has 9 heteroatoms. The normalized spacial score (nSPS) is 10.6. The quantitative estimate of drug-likeness (QED) is 0.243. The van der Waals surface area contributed by atoms with Crippen LogP contribution in [0.5, 0.6) is 11.5 Å². The third kappa shape index (κ3) is 8.56. The van der Waals surface area contributed by atoms with Gasteiger partial charge in [0.15, 0.2) is 17.5 Å². The van der Waals surface area contributed by atoms with Crippen molar-refractivity contribution in [2.75, 3.05) is 59.9 Å². The topological polar surface area (TPSA) is 84.4 Å². The van der Waals surface area contributed by atoms with Gasteiger partial charge in [-0.2, -0.15) is 0 Å². The number of aliphatic imine (C=N–C) groups is 1. The first-order valence-corrected chi connectivity index (χ1v) is 8.07. The van der Waals surface area contributed by atoms with Gasteiger partial charge in [-0.3, -0.25) is 4.79 Å². The van der Waals surface area contributed by atoms with Gasteiger partial charge in [0.05, 0.1) is 20.3 Å². The molecule has 0 spiro atoms. The minimum absolute atomic E-state index is 0. The Balaban J connectivity index is 0.00000625. The van der Waals surface area contributed by atoms with Crippen LogP contribution in [-0.2, 0) is 9.53 Å². The molecule has 1 aromatic carbocycles. The number of guanidine groups is 1. The summed E-state index contributed by atoms with van der Waals surface area (Å²) in [4.78, 5) is 17.5. The number of nitrogens with one attached hydrogen (secondary N) is 2. The molecule has 0 saturated heterocycles. The zero-order chi connectivity index (χ0) is 18.7. The molecule has 0 radical (unpaired) electrons. The van der Waals surface area contributed by atoms with Gasteiger partial charge in [0.1, 0.15) is 6.54 Å². The summed E-state index contributed by atoms with van der Waals surface area (Å²) in [6, 6.07) is 5.49. The highest BCUT2D eigenvalue weighted by Gasteiger charge is 2.08. The summed E-state index contributed by atoms with van der Waals surface area (Å²) >= 11 is 0. The lowest BCUT2D eigenvalue weighted by molar-refractivity contribution is -0.127. The number of nitrogens with zero attached hydrogens (tertiary/aromatic N) is 2. The highest BCUT2D eigenvalue weighted by atomic mass is 127. The largest absolute Gasteiger partial charge is 0.493 e. The number of hydrogen-bond donors (Lipinski definition) is 2. The first kappa shape index (κ1) is 24.2. The molecule has 8 nitrogen and oxygen atoms in total. The molecule has 0 heterocycles. The number of ether oxygens (including phenoxy) is 3. The smallest absolute Gasteiger partial charge is 0.243 e. The molecule has 1 aromatic rings. The fourth-order valence-corrected chi connectivity index (χ4v) is 1.86. The average molecular weight is 480 g/mol. The summed E-state index contributed by atoms with van der Waals surface area (Å²) in [5, 5.41) is 6.27. The van der Waals surface area contributed by atoms with E-state index in [0.717, 1.165) is 5.69 Å². The van der Waals surface area contributed by atoms with Crippen LogP contribution in [0.3, 0.4) is 0 Å². The monoisotopic (exact) mass is 480 g/mol. The van der Waals surface area contributed by atoms with Crippen molar-refractivity contribution in [1.82, 2.24) is 10.2 Å². The summed E-state index contributed by atoms with van der Waals surface area (Å²) in [5.41, 5.74) is 0.765. The first-order valence-electron chi connectivity index (χ1n) is 8.07. The molecule has 0 aromatic heterocycles. The van der Waals surface area contributed by atoms with Crippen molar-refractivity contribution in [2.24, 2.45) is 4.99 Å². The standard InChI is InChI=1S/C17H28N4O4.HI/c1-6-25-14-8-7-13(11-15(14)24-5)20-17(18-9-10-23-4)19-12-16(22)21(2)3;/h7-8,11H,6,9-10,12H2,1-5H3,(H2,18,19,20);1H. The van der Waals surface area contributed by atoms with Crippen LogP contribution in [0.2, 0.25) is 0 Å². The third-order valence-electron chi connectivity index (χ3n) is 3.20. The van der Waals surface area contributed by atoms with E-state index in [9.17, 15) is 4.79 Å². The summed E-state index contributed by atoms with van der Waals surface area (Å²) in [5.74, 6) is 1.69. The van der Waals surface area contributed by atoms with Gasteiger partial charge in [0, 0.05) is 39.5 Å². The molecule has 0 atom stereocenters. The van der Waals surface area contributed by atoms with E-state index in [-0.39, 0.29) is 36.4 Å². The van der Waals surface area contributed by atoms with Gasteiger partial charge in [-0.05, 0) is 19.1 Å². The number of halogens is 1. The van der Waals surface area contributed by atoms with Crippen LogP contribution in [0, 0.1) is 0 Å². The zero-order valence-corrected chi connectivity index (χ0v) is 18.3. The van der Waals surface area contributed by atoms with E-state index in [1.807, 2.05) is 25.1 Å². The minimum atomic E-state index is -0.0860. The van der Waals surface area contributed by atoms with Gasteiger partial charge in [-0.15, -0.1) is 24.0 Å². The maximum absolute atomic E-state index is 11.7. The molecule has 0 bridgehead atoms. The van der Waals surface area contributed by atoms with Gasteiger partial charge in [-0.1, -0.05) is 0 Å². The molecule has 2 N–H and O–H groups in total. The SMILES string of the molecule is CCOc1ccc(NC(=NCC(=O)N(C)C)NCCOC)cc1OC.I. The second-order valence-corrected chi connectivity index (χ2v) is 5.30. The third-order valence-corrected chi connectivity index (χ3v) is 3.20. The van der Waals surface area contributed by atoms with Gasteiger partial charge >= 0.3 is 0 Å². The predicted octanol–water partition coefficient (Wildman–Crippen LogP) is 1.80. The lowest BCUT2D eigenvalue weighted by Crippen LogP contribution is -2.35. The molecule has 1 amide bonds. The number of carbonyl (C=O) groups excluding carboxylic acids is 1. The molecule has 26 heavy (non-hydrogen) atoms. The maximum atomic E-state index is 11.7. The van der Waals surface area contributed by atoms with Gasteiger partial charge < -0.3 is 29.7 Å². The molecule has 0 saturated carbocycles. The molecule has 148 valence electrons. The van der Waals surface area contributed by atoms with E-state index in [0.29, 0.717) is 37.2 Å². The van der Waals surface area contributed by atoms with Crippen LogP contribution >= 0.6 is 24.0 Å². The summed E-state index contributed by atoms with van der Waals surface area (Å²) < 4.78 is 15.9. The fraction of sp³-hybridized carbons (Fsp3) is 0.529. The molecule has 0 aliphatic heterocycles. The number of anilines is 1. The Labute approximate surface area is 172 Å². The van der Waals surface area contributed by atoms with Crippen molar-refractivity contribution in [3.63, 3.8) is 0 Å². The van der Waals surface area contributed by atoms with E-state index in [1.54, 1.807) is 28.3 Å². The summed E-state index contributed by atoms with van der Waals surface area (Å²) in [6.07, 6.45) is 0. The van der Waals surface area contributed by atoms with E-state index >= 15 is 0 Å². The van der Waals surface area contributed by atoms with Gasteiger partial charge in [0.2, 0.25) is 5.91 Å². The molecular formula is C17H29IN4O4. The number of benzene rings is 1. The van der Waals surface area contributed by atoms with E-state index in [2.05, 4.69) is 15.6 Å². The predicted molar refractivity (Wildman–Crippen MR) is 114 cm³/mol. The van der Waals surface area contributed by atoms with Crippen LogP contribution in [0.1, 0.15) is 6.92 Å². The highest BCUT2D eigenvalue weighted by Crippen LogP contribution is 2.30. The number of rotatable bonds is 9. The van der Waals surface area contributed by atoms with E-state index < -0.39 is 0 Å². The second kappa shape index (κ2) is 13.5. The zero-order valence-electron chi connectivity index (χ0n) is 16.0. The Hall–Kier alpha value is -1.75. The second-order valence-electron chi connectivity index (χ2n) is 5.30. The van der Waals surface area contributed by atoms with Crippen molar-refractivity contribution in [2.45, 2.75) is 6.92 Å². The number of hydrogen-bond acceptors (Lipinski definition) is 5. The van der Waals surface area contributed by atoms with Crippen molar-refractivity contribution in [3.05, 3.63) is 18.2 Å². The molecular weight excluding hydrogens is 451 g/mol. The molecule has 0 fully saturated rings. The lowest BCUT2D eigenvalue weighted by atomic mass is 10.2. The Kier molecular flexibility index (Phi) is 12.5. The Bertz CT molecular complexity index is 582. The van der Waals surface area contributed by atoms with E-state index in [1.165, 1.54) is 4.90 Å². The summed E-state index contributed by atoms with van der Waals surface area (Å²) in [6.45, 7) is 3.60. The van der Waals surface area contributed by atoms with Gasteiger partial charge in [-0.25, -0.2) is 4.99 Å². The Morgan fingerprint density at radius 1 is 1.23 bits per heavy atom. The maximum Gasteiger partial charge on any atom is 0.243 e. The van der Waals surface area contributed by atoms with Crippen molar-refractivity contribution in [3.8, 4) is 11.5 Å². The number of likely N-dealkylation sites (N-methyl/N-ethyl adjacent to an activating group) is 1. The van der Waals surface area contributed by atoms with Crippen LogP contribution in [0.25, 0.3) is 0 Å². The number of carbonyl (C=O) groups is 1. The molecule has 0 aliphatic carbocycles. The summed E-state index contributed by atoms with van der Waals surface area (Å²) in [7, 11) is 6.60. The fourth-order valence-electron chi connectivity index (χ4n) is 1.86. The van der Waals surface area contributed by atoms with Gasteiger partial charge in [0.25, 0.3) is 0 Å². The number of amides is 1. The highest BCUT2D eigenvalue weighted by molar-refractivity contribution is 14.0. The van der Waals surface area contributed by atoms with Crippen molar-refractivity contribution < 1.29 is 19.0 Å². The van der Waals surface area contributed by atoms with Crippen LogP contribution in [-0.4, -0.2) is 71.4 Å². The molecule has 0 aliphatic rings. The van der Waals surface area contributed by atoms with Crippen molar-refractivity contribution in [1.29, 1.82) is 0 Å². The van der Waals surface area contributed by atoms with Crippen molar-refractivity contribution >= 4 is 41.5 Å².